The summed E-state index contributed by atoms with van der Waals surface area (Å²) in [4.78, 5) is 28.6. The fourth-order valence-electron chi connectivity index (χ4n) is 4.35. The first-order valence-corrected chi connectivity index (χ1v) is 13.0. The number of aryl methyl sites for hydroxylation is 2. The number of amides is 2. The number of anilines is 1. The Morgan fingerprint density at radius 2 is 1.80 bits per heavy atom. The Bertz CT molecular complexity index is 1500. The highest BCUT2D eigenvalue weighted by Gasteiger charge is 2.26. The van der Waals surface area contributed by atoms with E-state index in [1.807, 2.05) is 32.0 Å². The van der Waals surface area contributed by atoms with Crippen LogP contribution in [0.2, 0.25) is 0 Å². The maximum Gasteiger partial charge on any atom is 0.258 e. The topological polar surface area (TPSA) is 98.8 Å². The van der Waals surface area contributed by atoms with Crippen LogP contribution in [-0.2, 0) is 16.8 Å². The van der Waals surface area contributed by atoms with Gasteiger partial charge in [-0.1, -0.05) is 38.5 Å². The van der Waals surface area contributed by atoms with Gasteiger partial charge >= 0.3 is 0 Å². The van der Waals surface area contributed by atoms with E-state index in [0.29, 0.717) is 28.6 Å². The maximum atomic E-state index is 13.7. The minimum atomic E-state index is -0.385. The van der Waals surface area contributed by atoms with Gasteiger partial charge in [0.25, 0.3) is 5.91 Å². The zero-order valence-corrected chi connectivity index (χ0v) is 24.1. The molecule has 9 nitrogen and oxygen atoms in total. The van der Waals surface area contributed by atoms with Gasteiger partial charge in [-0.05, 0) is 49.7 Å². The van der Waals surface area contributed by atoms with Gasteiger partial charge in [0.05, 0.1) is 44.0 Å². The summed E-state index contributed by atoms with van der Waals surface area (Å²) in [6.45, 7) is 10.1. The first kappa shape index (κ1) is 28.5. The molecular weight excluding hydrogens is 508 g/mol. The number of rotatable bonds is 9. The zero-order chi connectivity index (χ0) is 29.0. The van der Waals surface area contributed by atoms with Gasteiger partial charge in [-0.3, -0.25) is 9.59 Å². The Hall–Kier alpha value is -4.53. The molecule has 0 unspecified atom stereocenters. The largest absolute Gasteiger partial charge is 0.497 e. The van der Waals surface area contributed by atoms with Crippen LogP contribution in [0, 0.1) is 13.8 Å². The third kappa shape index (κ3) is 6.36. The number of methoxy groups -OCH3 is 2. The van der Waals surface area contributed by atoms with Crippen molar-refractivity contribution in [2.24, 2.45) is 0 Å². The maximum absolute atomic E-state index is 13.7. The van der Waals surface area contributed by atoms with E-state index < -0.39 is 0 Å². The summed E-state index contributed by atoms with van der Waals surface area (Å²) in [5.74, 6) is 1.20. The number of nitrogens with zero attached hydrogens (tertiary/aromatic N) is 3. The van der Waals surface area contributed by atoms with Crippen molar-refractivity contribution in [3.8, 4) is 17.2 Å². The lowest BCUT2D eigenvalue weighted by Gasteiger charge is -2.22. The number of benzene rings is 2. The molecule has 0 aliphatic carbocycles. The van der Waals surface area contributed by atoms with Crippen LogP contribution in [0.1, 0.15) is 53.7 Å². The highest BCUT2D eigenvalue weighted by atomic mass is 16.5. The van der Waals surface area contributed by atoms with Crippen molar-refractivity contribution in [1.82, 2.24) is 14.7 Å². The number of aromatic nitrogens is 2. The average molecular weight is 545 g/mol. The lowest BCUT2D eigenvalue weighted by atomic mass is 9.92. The van der Waals surface area contributed by atoms with Gasteiger partial charge in [0.15, 0.2) is 0 Å². The second-order valence-electron chi connectivity index (χ2n) is 10.7. The highest BCUT2D eigenvalue weighted by molar-refractivity contribution is 6.01. The molecule has 0 saturated carbocycles. The Labute approximate surface area is 234 Å². The van der Waals surface area contributed by atoms with Crippen LogP contribution < -0.4 is 14.8 Å². The van der Waals surface area contributed by atoms with Gasteiger partial charge in [0.2, 0.25) is 5.91 Å². The molecule has 210 valence electrons. The smallest absolute Gasteiger partial charge is 0.258 e. The molecule has 0 fully saturated rings. The van der Waals surface area contributed by atoms with Crippen LogP contribution in [0.4, 0.5) is 5.82 Å². The molecule has 2 amide bonds. The molecule has 0 spiro atoms. The van der Waals surface area contributed by atoms with Gasteiger partial charge in [0.1, 0.15) is 29.6 Å². The van der Waals surface area contributed by atoms with Crippen molar-refractivity contribution in [2.45, 2.75) is 46.6 Å². The fraction of sp³-hybridized carbons (Fsp3) is 0.323. The van der Waals surface area contributed by atoms with Crippen molar-refractivity contribution in [3.05, 3.63) is 89.0 Å². The molecule has 4 rings (SSSR count). The minimum absolute atomic E-state index is 0.0952. The van der Waals surface area contributed by atoms with E-state index in [4.69, 9.17) is 19.0 Å². The van der Waals surface area contributed by atoms with Crippen LogP contribution in [0.5, 0.6) is 11.5 Å². The van der Waals surface area contributed by atoms with E-state index >= 15 is 0 Å². The lowest BCUT2D eigenvalue weighted by Crippen LogP contribution is -2.38. The molecule has 40 heavy (non-hydrogen) atoms. The van der Waals surface area contributed by atoms with Crippen molar-refractivity contribution in [3.63, 3.8) is 0 Å². The monoisotopic (exact) mass is 544 g/mol. The summed E-state index contributed by atoms with van der Waals surface area (Å²) in [6, 6.07) is 16.4. The van der Waals surface area contributed by atoms with Crippen LogP contribution in [0.3, 0.4) is 0 Å². The summed E-state index contributed by atoms with van der Waals surface area (Å²) in [7, 11) is 3.02. The molecule has 0 aliphatic heterocycles. The Morgan fingerprint density at radius 1 is 1.02 bits per heavy atom. The minimum Gasteiger partial charge on any atom is -0.497 e. The van der Waals surface area contributed by atoms with E-state index in [-0.39, 0.29) is 30.3 Å². The summed E-state index contributed by atoms with van der Waals surface area (Å²) in [6.07, 6.45) is 1.53. The first-order valence-electron chi connectivity index (χ1n) is 13.0. The van der Waals surface area contributed by atoms with Gasteiger partial charge < -0.3 is 24.1 Å². The zero-order valence-electron chi connectivity index (χ0n) is 24.1. The van der Waals surface area contributed by atoms with Gasteiger partial charge in [-0.15, -0.1) is 0 Å². The van der Waals surface area contributed by atoms with Crippen LogP contribution in [0.25, 0.3) is 5.69 Å². The third-order valence-electron chi connectivity index (χ3n) is 6.51. The average Bonchev–Trinajstić information content (AvgIpc) is 3.57. The Kier molecular flexibility index (Phi) is 8.32. The molecule has 2 heterocycles. The van der Waals surface area contributed by atoms with Gasteiger partial charge in [-0.2, -0.15) is 5.10 Å². The van der Waals surface area contributed by atoms with Crippen molar-refractivity contribution < 1.29 is 23.5 Å². The molecule has 2 aromatic heterocycles. The first-order chi connectivity index (χ1) is 19.0. The van der Waals surface area contributed by atoms with Crippen molar-refractivity contribution in [2.75, 3.05) is 26.1 Å². The second kappa shape index (κ2) is 11.7. The molecule has 1 N–H and O–H groups in total. The number of hydrogen-bond donors (Lipinski definition) is 1. The number of ether oxygens (including phenoxy) is 2. The predicted octanol–water partition coefficient (Wildman–Crippen LogP) is 5.68. The quantitative estimate of drug-likeness (QED) is 0.291. The van der Waals surface area contributed by atoms with Gasteiger partial charge in [0, 0.05) is 17.5 Å². The molecular formula is C31H36N4O5. The van der Waals surface area contributed by atoms with Crippen molar-refractivity contribution in [1.29, 1.82) is 0 Å². The molecule has 0 radical (unpaired) electrons. The molecule has 0 saturated heterocycles. The summed E-state index contributed by atoms with van der Waals surface area (Å²) >= 11 is 0. The third-order valence-corrected chi connectivity index (χ3v) is 6.51. The highest BCUT2D eigenvalue weighted by Crippen LogP contribution is 2.29. The molecule has 0 atom stereocenters. The van der Waals surface area contributed by atoms with E-state index in [9.17, 15) is 9.59 Å². The summed E-state index contributed by atoms with van der Waals surface area (Å²) < 4.78 is 18.0. The number of carbonyl (C=O) groups excluding carboxylic acids is 2. The molecule has 9 heteroatoms. The van der Waals surface area contributed by atoms with E-state index in [2.05, 4.69) is 32.2 Å². The molecule has 0 aliphatic rings. The number of carbonyl (C=O) groups is 2. The summed E-state index contributed by atoms with van der Waals surface area (Å²) in [5, 5.41) is 7.83. The number of nitrogens with one attached hydrogen (secondary N) is 1. The SMILES string of the molecule is COc1ccc(C(=O)N(CC(=O)Nc2cc(C(C)(C)C)nn2-c2ccc(C)cc2C)Cc2ccco2)c(OC)c1. The van der Waals surface area contributed by atoms with Crippen LogP contribution in [0.15, 0.2) is 65.3 Å². The second-order valence-corrected chi connectivity index (χ2v) is 10.7. The van der Waals surface area contributed by atoms with E-state index in [0.717, 1.165) is 22.5 Å². The van der Waals surface area contributed by atoms with Crippen molar-refractivity contribution >= 4 is 17.6 Å². The standard InChI is InChI=1S/C31H36N4O5/c1-20-10-13-25(21(2)15-20)35-28(17-27(33-35)31(3,4)5)32-29(36)19-34(18-23-9-8-14-40-23)30(37)24-12-11-22(38-6)16-26(24)39-7/h8-17H,18-19H2,1-7H3,(H,32,36). The van der Waals surface area contributed by atoms with E-state index in [1.54, 1.807) is 35.0 Å². The number of hydrogen-bond acceptors (Lipinski definition) is 6. The number of furan rings is 1. The lowest BCUT2D eigenvalue weighted by molar-refractivity contribution is -0.117. The summed E-state index contributed by atoms with van der Waals surface area (Å²) in [5.41, 5.74) is 3.92. The molecule has 2 aromatic carbocycles. The Morgan fingerprint density at radius 3 is 2.42 bits per heavy atom. The van der Waals surface area contributed by atoms with Gasteiger partial charge in [-0.25, -0.2) is 4.68 Å². The van der Waals surface area contributed by atoms with Crippen LogP contribution in [-0.4, -0.2) is 47.3 Å². The predicted molar refractivity (Wildman–Crippen MR) is 153 cm³/mol. The van der Waals surface area contributed by atoms with E-state index in [1.165, 1.54) is 25.4 Å². The van der Waals surface area contributed by atoms with Crippen LogP contribution >= 0.6 is 0 Å². The molecule has 4 aromatic rings. The normalized spacial score (nSPS) is 11.3. The molecule has 0 bridgehead atoms. The Balaban J connectivity index is 1.65. The fourth-order valence-corrected chi connectivity index (χ4v) is 4.35.